The Bertz CT molecular complexity index is 867. The van der Waals surface area contributed by atoms with Crippen LogP contribution in [0, 0.1) is 5.92 Å². The van der Waals surface area contributed by atoms with Crippen molar-refractivity contribution in [2.75, 3.05) is 18.5 Å². The first-order valence-corrected chi connectivity index (χ1v) is 9.02. The zero-order valence-electron chi connectivity index (χ0n) is 15.0. The van der Waals surface area contributed by atoms with Crippen LogP contribution in [0.2, 0.25) is 5.02 Å². The van der Waals surface area contributed by atoms with Gasteiger partial charge in [-0.25, -0.2) is 0 Å². The van der Waals surface area contributed by atoms with Gasteiger partial charge in [0.2, 0.25) is 11.8 Å². The van der Waals surface area contributed by atoms with Gasteiger partial charge in [0.25, 0.3) is 0 Å². The summed E-state index contributed by atoms with van der Waals surface area (Å²) in [5.74, 6) is -1.43. The van der Waals surface area contributed by atoms with Crippen LogP contribution in [0.1, 0.15) is 17.5 Å². The smallest absolute Gasteiger partial charge is 0.341 e. The number of rotatable bonds is 4. The minimum atomic E-state index is -4.40. The number of alkyl halides is 3. The molecule has 2 aromatic carbocycles. The maximum absolute atomic E-state index is 12.7. The number of benzene rings is 2. The van der Waals surface area contributed by atoms with E-state index >= 15 is 0 Å². The molecule has 1 aliphatic rings. The minimum Gasteiger partial charge on any atom is -0.341 e. The summed E-state index contributed by atoms with van der Waals surface area (Å²) in [6.45, 7) is 0.548. The topological polar surface area (TPSA) is 40.6 Å². The molecule has 8 heteroatoms. The van der Waals surface area contributed by atoms with Gasteiger partial charge in [0.15, 0.2) is 0 Å². The monoisotopic (exact) mass is 410 g/mol. The molecule has 1 saturated heterocycles. The first-order valence-electron chi connectivity index (χ1n) is 8.65. The number of carbonyl (C=O) groups is 2. The molecule has 0 bridgehead atoms. The van der Waals surface area contributed by atoms with E-state index in [-0.39, 0.29) is 18.4 Å². The minimum absolute atomic E-state index is 0.127. The molecule has 0 saturated carbocycles. The van der Waals surface area contributed by atoms with Gasteiger partial charge in [0.1, 0.15) is 5.92 Å². The van der Waals surface area contributed by atoms with Gasteiger partial charge in [-0.1, -0.05) is 23.7 Å². The zero-order valence-corrected chi connectivity index (χ0v) is 15.8. The fourth-order valence-corrected chi connectivity index (χ4v) is 3.33. The first-order chi connectivity index (χ1) is 13.2. The molecule has 0 aliphatic carbocycles. The molecule has 1 unspecified atom stereocenters. The van der Waals surface area contributed by atoms with Crippen LogP contribution in [0.3, 0.4) is 0 Å². The molecule has 2 amide bonds. The van der Waals surface area contributed by atoms with Crippen LogP contribution in [0.25, 0.3) is 0 Å². The third-order valence-electron chi connectivity index (χ3n) is 4.72. The molecule has 1 heterocycles. The van der Waals surface area contributed by atoms with E-state index in [0.29, 0.717) is 29.2 Å². The van der Waals surface area contributed by atoms with E-state index in [1.807, 2.05) is 0 Å². The van der Waals surface area contributed by atoms with Gasteiger partial charge < -0.3 is 9.80 Å². The molecule has 0 radical (unpaired) electrons. The Morgan fingerprint density at radius 1 is 1.14 bits per heavy atom. The lowest BCUT2D eigenvalue weighted by Gasteiger charge is -2.21. The summed E-state index contributed by atoms with van der Waals surface area (Å²) in [4.78, 5) is 28.3. The van der Waals surface area contributed by atoms with Crippen molar-refractivity contribution in [3.8, 4) is 0 Å². The summed E-state index contributed by atoms with van der Waals surface area (Å²) in [5, 5.41) is 0.555. The van der Waals surface area contributed by atoms with Gasteiger partial charge in [-0.3, -0.25) is 9.59 Å². The Hall–Kier alpha value is -2.54. The summed E-state index contributed by atoms with van der Waals surface area (Å²) in [6, 6.07) is 11.4. The summed E-state index contributed by atoms with van der Waals surface area (Å²) in [7, 11) is 1.54. The third kappa shape index (κ3) is 4.30. The highest BCUT2D eigenvalue weighted by Crippen LogP contribution is 2.30. The molecule has 28 heavy (non-hydrogen) atoms. The number of carbonyl (C=O) groups excluding carboxylic acids is 2. The molecule has 4 nitrogen and oxygen atoms in total. The summed E-state index contributed by atoms with van der Waals surface area (Å²) < 4.78 is 37.9. The van der Waals surface area contributed by atoms with Crippen molar-refractivity contribution in [3.05, 3.63) is 64.7 Å². The fourth-order valence-electron chi connectivity index (χ4n) is 3.20. The van der Waals surface area contributed by atoms with E-state index in [2.05, 4.69) is 0 Å². The van der Waals surface area contributed by atoms with E-state index in [1.54, 1.807) is 29.2 Å². The second kappa shape index (κ2) is 7.83. The Labute approximate surface area is 165 Å². The van der Waals surface area contributed by atoms with Crippen molar-refractivity contribution in [3.63, 3.8) is 0 Å². The predicted octanol–water partition coefficient (Wildman–Crippen LogP) is 4.37. The molecule has 0 aromatic heterocycles. The van der Waals surface area contributed by atoms with Crippen molar-refractivity contribution in [1.82, 2.24) is 4.90 Å². The van der Waals surface area contributed by atoms with Gasteiger partial charge in [-0.05, 0) is 48.4 Å². The molecule has 1 atom stereocenters. The van der Waals surface area contributed by atoms with Crippen molar-refractivity contribution in [1.29, 1.82) is 0 Å². The summed E-state index contributed by atoms with van der Waals surface area (Å²) in [6.07, 6.45) is -4.01. The Morgan fingerprint density at radius 2 is 1.75 bits per heavy atom. The number of hydrogen-bond donors (Lipinski definition) is 0. The average Bonchev–Trinajstić information content (AvgIpc) is 3.03. The highest BCUT2D eigenvalue weighted by atomic mass is 35.5. The van der Waals surface area contributed by atoms with E-state index in [4.69, 9.17) is 11.6 Å². The maximum Gasteiger partial charge on any atom is 0.416 e. The van der Waals surface area contributed by atoms with Crippen molar-refractivity contribution >= 4 is 29.1 Å². The Morgan fingerprint density at radius 3 is 2.32 bits per heavy atom. The van der Waals surface area contributed by atoms with E-state index in [1.165, 1.54) is 24.1 Å². The fraction of sp³-hybridized carbons (Fsp3) is 0.300. The number of anilines is 1. The van der Waals surface area contributed by atoms with Gasteiger partial charge in [0.05, 0.1) is 5.56 Å². The quantitative estimate of drug-likeness (QED) is 0.702. The molecule has 0 spiro atoms. The number of halogens is 4. The lowest BCUT2D eigenvalue weighted by Crippen LogP contribution is -2.37. The zero-order chi connectivity index (χ0) is 20.5. The maximum atomic E-state index is 12.7. The molecule has 148 valence electrons. The third-order valence-corrected chi connectivity index (χ3v) is 4.97. The van der Waals surface area contributed by atoms with E-state index in [9.17, 15) is 22.8 Å². The standard InChI is InChI=1S/C20H18ClF3N2O2/c1-25(12-13-2-4-14(5-3-13)20(22,23)24)18(27)17-10-11-26(19(17)28)16-8-6-15(21)7-9-16/h2-9,17H,10-12H2,1H3. The SMILES string of the molecule is CN(Cc1ccc(C(F)(F)F)cc1)C(=O)C1CCN(c2ccc(Cl)cc2)C1=O. The van der Waals surface area contributed by atoms with Gasteiger partial charge >= 0.3 is 6.18 Å². The highest BCUT2D eigenvalue weighted by molar-refractivity contribution is 6.30. The molecule has 1 fully saturated rings. The number of hydrogen-bond acceptors (Lipinski definition) is 2. The first kappa shape index (κ1) is 20.2. The van der Waals surface area contributed by atoms with Crippen LogP contribution in [0.15, 0.2) is 48.5 Å². The molecule has 1 aliphatic heterocycles. The van der Waals surface area contributed by atoms with Crippen LogP contribution in [-0.2, 0) is 22.3 Å². The lowest BCUT2D eigenvalue weighted by atomic mass is 10.1. The number of nitrogens with zero attached hydrogens (tertiary/aromatic N) is 2. The molecule has 0 N–H and O–H groups in total. The Balaban J connectivity index is 1.65. The normalized spacial score (nSPS) is 17.1. The van der Waals surface area contributed by atoms with Crippen LogP contribution in [0.4, 0.5) is 18.9 Å². The molecular weight excluding hydrogens is 393 g/mol. The van der Waals surface area contributed by atoms with Crippen LogP contribution >= 0.6 is 11.6 Å². The van der Waals surface area contributed by atoms with Crippen molar-refractivity contribution < 1.29 is 22.8 Å². The van der Waals surface area contributed by atoms with Crippen LogP contribution in [0.5, 0.6) is 0 Å². The highest BCUT2D eigenvalue weighted by Gasteiger charge is 2.39. The van der Waals surface area contributed by atoms with Gasteiger partial charge in [-0.15, -0.1) is 0 Å². The predicted molar refractivity (Wildman–Crippen MR) is 99.8 cm³/mol. The average molecular weight is 411 g/mol. The summed E-state index contributed by atoms with van der Waals surface area (Å²) >= 11 is 5.86. The van der Waals surface area contributed by atoms with E-state index < -0.39 is 17.7 Å². The lowest BCUT2D eigenvalue weighted by molar-refractivity contribution is -0.140. The van der Waals surface area contributed by atoms with Crippen LogP contribution < -0.4 is 4.90 Å². The van der Waals surface area contributed by atoms with Crippen molar-refractivity contribution in [2.45, 2.75) is 19.1 Å². The van der Waals surface area contributed by atoms with Crippen molar-refractivity contribution in [2.24, 2.45) is 5.92 Å². The number of amides is 2. The Kier molecular flexibility index (Phi) is 5.65. The van der Waals surface area contributed by atoms with E-state index in [0.717, 1.165) is 12.1 Å². The largest absolute Gasteiger partial charge is 0.416 e. The van der Waals surface area contributed by atoms with Crippen LogP contribution in [-0.4, -0.2) is 30.3 Å². The second-order valence-electron chi connectivity index (χ2n) is 6.70. The molecular formula is C20H18ClF3N2O2. The second-order valence-corrected chi connectivity index (χ2v) is 7.13. The van der Waals surface area contributed by atoms with Gasteiger partial charge in [0, 0.05) is 30.8 Å². The summed E-state index contributed by atoms with van der Waals surface area (Å²) in [5.41, 5.74) is 0.494. The molecule has 2 aromatic rings. The molecule has 3 rings (SSSR count). The van der Waals surface area contributed by atoms with Gasteiger partial charge in [-0.2, -0.15) is 13.2 Å².